The van der Waals surface area contributed by atoms with Crippen LogP contribution in [0.5, 0.6) is 0 Å². The van der Waals surface area contributed by atoms with E-state index < -0.39 is 15.6 Å². The highest BCUT2D eigenvalue weighted by Gasteiger charge is 2.33. The Labute approximate surface area is 120 Å². The molecule has 1 aromatic carbocycles. The lowest BCUT2D eigenvalue weighted by molar-refractivity contribution is 0.0537. The van der Waals surface area contributed by atoms with E-state index in [0.717, 1.165) is 0 Å². The van der Waals surface area contributed by atoms with Crippen LogP contribution in [-0.4, -0.2) is 32.3 Å². The Morgan fingerprint density at radius 1 is 1.35 bits per heavy atom. The van der Waals surface area contributed by atoms with Crippen molar-refractivity contribution in [3.8, 4) is 0 Å². The van der Waals surface area contributed by atoms with Gasteiger partial charge in [0.2, 0.25) is 10.0 Å². The zero-order valence-electron chi connectivity index (χ0n) is 11.8. The maximum absolute atomic E-state index is 12.6. The molecular weight excluding hydrogens is 278 g/mol. The molecule has 20 heavy (non-hydrogen) atoms. The number of nitrogens with one attached hydrogen (secondary N) is 1. The summed E-state index contributed by atoms with van der Waals surface area (Å²) in [6.07, 6.45) is 1.32. The number of ether oxygens (including phenoxy) is 1. The second kappa shape index (κ2) is 5.81. The first-order valence-electron chi connectivity index (χ1n) is 6.69. The van der Waals surface area contributed by atoms with Crippen molar-refractivity contribution in [1.29, 1.82) is 0 Å². The van der Waals surface area contributed by atoms with Gasteiger partial charge in [-0.05, 0) is 43.9 Å². The molecule has 0 amide bonds. The fourth-order valence-electron chi connectivity index (χ4n) is 2.43. The molecule has 0 spiro atoms. The molecule has 0 atom stereocenters. The van der Waals surface area contributed by atoms with E-state index in [1.165, 1.54) is 0 Å². The summed E-state index contributed by atoms with van der Waals surface area (Å²) in [5, 5.41) is 9.25. The summed E-state index contributed by atoms with van der Waals surface area (Å²) in [6, 6.07) is 4.95. The zero-order chi connectivity index (χ0) is 14.8. The summed E-state index contributed by atoms with van der Waals surface area (Å²) in [5.41, 5.74) is 0.752. The van der Waals surface area contributed by atoms with Crippen LogP contribution in [0.25, 0.3) is 0 Å². The fraction of sp³-hybridized carbons (Fsp3) is 0.571. The first kappa shape index (κ1) is 15.4. The highest BCUT2D eigenvalue weighted by molar-refractivity contribution is 7.89. The largest absolute Gasteiger partial charge is 0.392 e. The van der Waals surface area contributed by atoms with Crippen molar-refractivity contribution in [3.63, 3.8) is 0 Å². The minimum atomic E-state index is -3.60. The minimum absolute atomic E-state index is 0.166. The number of hydrogen-bond acceptors (Lipinski definition) is 4. The predicted octanol–water partition coefficient (Wildman–Crippen LogP) is 1.33. The molecule has 1 fully saturated rings. The third-order valence-electron chi connectivity index (χ3n) is 3.83. The normalized spacial score (nSPS) is 18.9. The summed E-state index contributed by atoms with van der Waals surface area (Å²) >= 11 is 0. The van der Waals surface area contributed by atoms with Gasteiger partial charge in [-0.15, -0.1) is 0 Å². The second-order valence-corrected chi connectivity index (χ2v) is 7.13. The number of benzene rings is 1. The SMILES string of the molecule is Cc1c(CO)cccc1S(=O)(=O)NC1(C)CCOCC1. The van der Waals surface area contributed by atoms with Crippen LogP contribution >= 0.6 is 0 Å². The van der Waals surface area contributed by atoms with E-state index in [0.29, 0.717) is 37.2 Å². The number of aliphatic hydroxyl groups is 1. The molecule has 6 heteroatoms. The van der Waals surface area contributed by atoms with Crippen LogP contribution in [-0.2, 0) is 21.4 Å². The lowest BCUT2D eigenvalue weighted by atomic mass is 9.94. The van der Waals surface area contributed by atoms with Gasteiger partial charge in [0, 0.05) is 18.8 Å². The van der Waals surface area contributed by atoms with Crippen molar-refractivity contribution in [3.05, 3.63) is 29.3 Å². The molecule has 2 rings (SSSR count). The Bertz CT molecular complexity index is 577. The number of aliphatic hydroxyl groups excluding tert-OH is 1. The number of rotatable bonds is 4. The van der Waals surface area contributed by atoms with Gasteiger partial charge in [0.1, 0.15) is 0 Å². The minimum Gasteiger partial charge on any atom is -0.392 e. The topological polar surface area (TPSA) is 75.6 Å². The third-order valence-corrected chi connectivity index (χ3v) is 5.62. The summed E-state index contributed by atoms with van der Waals surface area (Å²) in [6.45, 7) is 4.58. The van der Waals surface area contributed by atoms with Crippen LogP contribution in [0.4, 0.5) is 0 Å². The second-order valence-electron chi connectivity index (χ2n) is 5.48. The van der Waals surface area contributed by atoms with Crippen molar-refractivity contribution >= 4 is 10.0 Å². The van der Waals surface area contributed by atoms with E-state index in [-0.39, 0.29) is 11.5 Å². The molecule has 0 aromatic heterocycles. The van der Waals surface area contributed by atoms with Crippen molar-refractivity contribution in [1.82, 2.24) is 4.72 Å². The maximum Gasteiger partial charge on any atom is 0.241 e. The molecule has 0 saturated carbocycles. The van der Waals surface area contributed by atoms with E-state index in [4.69, 9.17) is 4.74 Å². The van der Waals surface area contributed by atoms with Crippen LogP contribution in [0.1, 0.15) is 30.9 Å². The lowest BCUT2D eigenvalue weighted by Crippen LogP contribution is -2.49. The fourth-order valence-corrected chi connectivity index (χ4v) is 4.18. The van der Waals surface area contributed by atoms with Crippen LogP contribution in [0.2, 0.25) is 0 Å². The van der Waals surface area contributed by atoms with Crippen LogP contribution in [0.15, 0.2) is 23.1 Å². The molecule has 1 aliphatic heterocycles. The summed E-state index contributed by atoms with van der Waals surface area (Å²) < 4.78 is 33.2. The molecule has 1 aliphatic rings. The zero-order valence-corrected chi connectivity index (χ0v) is 12.7. The van der Waals surface area contributed by atoms with Gasteiger partial charge in [0.15, 0.2) is 0 Å². The predicted molar refractivity (Wildman–Crippen MR) is 75.9 cm³/mol. The van der Waals surface area contributed by atoms with Gasteiger partial charge >= 0.3 is 0 Å². The van der Waals surface area contributed by atoms with Gasteiger partial charge in [0.05, 0.1) is 11.5 Å². The monoisotopic (exact) mass is 299 g/mol. The molecular formula is C14H21NO4S. The Balaban J connectivity index is 2.31. The third kappa shape index (κ3) is 3.20. The Kier molecular flexibility index (Phi) is 4.49. The van der Waals surface area contributed by atoms with Crippen molar-refractivity contribution in [2.45, 2.75) is 43.7 Å². The summed E-state index contributed by atoms with van der Waals surface area (Å²) in [7, 11) is -3.60. The van der Waals surface area contributed by atoms with Crippen molar-refractivity contribution < 1.29 is 18.3 Å². The molecule has 0 radical (unpaired) electrons. The van der Waals surface area contributed by atoms with Gasteiger partial charge in [-0.1, -0.05) is 12.1 Å². The van der Waals surface area contributed by atoms with E-state index in [1.807, 2.05) is 6.92 Å². The molecule has 2 N–H and O–H groups in total. The van der Waals surface area contributed by atoms with Crippen LogP contribution < -0.4 is 4.72 Å². The van der Waals surface area contributed by atoms with E-state index in [2.05, 4.69) is 4.72 Å². The first-order valence-corrected chi connectivity index (χ1v) is 8.17. The average molecular weight is 299 g/mol. The Hall–Kier alpha value is -0.950. The van der Waals surface area contributed by atoms with Gasteiger partial charge < -0.3 is 9.84 Å². The first-order chi connectivity index (χ1) is 9.38. The summed E-state index contributed by atoms with van der Waals surface area (Å²) in [4.78, 5) is 0.233. The smallest absolute Gasteiger partial charge is 0.241 e. The highest BCUT2D eigenvalue weighted by Crippen LogP contribution is 2.25. The van der Waals surface area contributed by atoms with Gasteiger partial charge in [0.25, 0.3) is 0 Å². The highest BCUT2D eigenvalue weighted by atomic mass is 32.2. The maximum atomic E-state index is 12.6. The lowest BCUT2D eigenvalue weighted by Gasteiger charge is -2.34. The van der Waals surface area contributed by atoms with Crippen molar-refractivity contribution in [2.75, 3.05) is 13.2 Å². The molecule has 1 heterocycles. The molecule has 112 valence electrons. The van der Waals surface area contributed by atoms with Crippen LogP contribution in [0.3, 0.4) is 0 Å². The van der Waals surface area contributed by atoms with Gasteiger partial charge in [-0.2, -0.15) is 0 Å². The number of sulfonamides is 1. The van der Waals surface area contributed by atoms with E-state index >= 15 is 0 Å². The number of hydrogen-bond donors (Lipinski definition) is 2. The molecule has 0 aliphatic carbocycles. The average Bonchev–Trinajstić information content (AvgIpc) is 2.38. The molecule has 0 bridgehead atoms. The molecule has 5 nitrogen and oxygen atoms in total. The Morgan fingerprint density at radius 2 is 2.00 bits per heavy atom. The van der Waals surface area contributed by atoms with E-state index in [9.17, 15) is 13.5 Å². The quantitative estimate of drug-likeness (QED) is 0.879. The molecule has 1 aromatic rings. The van der Waals surface area contributed by atoms with Crippen LogP contribution in [0, 0.1) is 6.92 Å². The summed E-state index contributed by atoms with van der Waals surface area (Å²) in [5.74, 6) is 0. The standard InChI is InChI=1S/C14H21NO4S/c1-11-12(10-16)4-3-5-13(11)20(17,18)15-14(2)6-8-19-9-7-14/h3-5,15-16H,6-10H2,1-2H3. The van der Waals surface area contributed by atoms with Gasteiger partial charge in [-0.25, -0.2) is 13.1 Å². The van der Waals surface area contributed by atoms with Crippen molar-refractivity contribution in [2.24, 2.45) is 0 Å². The van der Waals surface area contributed by atoms with E-state index in [1.54, 1.807) is 25.1 Å². The van der Waals surface area contributed by atoms with Gasteiger partial charge in [-0.3, -0.25) is 0 Å². The molecule has 1 saturated heterocycles. The molecule has 0 unspecified atom stereocenters. The Morgan fingerprint density at radius 3 is 2.60 bits per heavy atom.